The topological polar surface area (TPSA) is 94.8 Å². The number of carbonyl (C=O) groups excluding carboxylic acids is 1. The fourth-order valence-electron chi connectivity index (χ4n) is 6.12. The van der Waals surface area contributed by atoms with E-state index in [2.05, 4.69) is 59.2 Å². The second-order valence-electron chi connectivity index (χ2n) is 11.1. The van der Waals surface area contributed by atoms with Gasteiger partial charge in [-0.25, -0.2) is 4.39 Å². The molecule has 3 aliphatic rings. The number of fused-ring (bicyclic) bond motifs is 2. The number of hydrogen-bond acceptors (Lipinski definition) is 8. The number of anilines is 2. The third-order valence-electron chi connectivity index (χ3n) is 8.35. The Bertz CT molecular complexity index is 1530. The van der Waals surface area contributed by atoms with Crippen LogP contribution in [0.5, 0.6) is 6.01 Å². The molecule has 0 N–H and O–H groups in total. The second-order valence-corrected chi connectivity index (χ2v) is 11.1. The molecule has 42 heavy (non-hydrogen) atoms. The summed E-state index contributed by atoms with van der Waals surface area (Å²) in [7, 11) is 0. The van der Waals surface area contributed by atoms with Crippen LogP contribution in [-0.2, 0) is 22.5 Å². The molecular formula is C32H35FN6O3. The second kappa shape index (κ2) is 12.3. The predicted molar refractivity (Wildman–Crippen MR) is 158 cm³/mol. The van der Waals surface area contributed by atoms with Crippen LogP contribution in [0.1, 0.15) is 23.2 Å². The number of piperazine rings is 1. The number of halogens is 1. The van der Waals surface area contributed by atoms with E-state index in [1.54, 1.807) is 4.90 Å². The Morgan fingerprint density at radius 2 is 2.00 bits per heavy atom. The van der Waals surface area contributed by atoms with Crippen LogP contribution in [0.15, 0.2) is 48.6 Å². The molecule has 6 rings (SSSR count). The van der Waals surface area contributed by atoms with Gasteiger partial charge in [-0.1, -0.05) is 30.3 Å². The highest BCUT2D eigenvalue weighted by atomic mass is 19.1. The van der Waals surface area contributed by atoms with Gasteiger partial charge in [-0.05, 0) is 36.4 Å². The Morgan fingerprint density at radius 3 is 2.76 bits per heavy atom. The van der Waals surface area contributed by atoms with Gasteiger partial charge in [0.15, 0.2) is 0 Å². The van der Waals surface area contributed by atoms with E-state index in [9.17, 15) is 14.4 Å². The zero-order valence-corrected chi connectivity index (χ0v) is 23.8. The molecule has 0 spiro atoms. The van der Waals surface area contributed by atoms with Crippen molar-refractivity contribution in [3.8, 4) is 12.1 Å². The molecule has 2 aromatic carbocycles. The molecular weight excluding hydrogens is 535 g/mol. The summed E-state index contributed by atoms with van der Waals surface area (Å²) >= 11 is 0. The van der Waals surface area contributed by atoms with Crippen molar-refractivity contribution >= 4 is 28.2 Å². The van der Waals surface area contributed by atoms with Crippen molar-refractivity contribution in [2.24, 2.45) is 5.92 Å². The highest BCUT2D eigenvalue weighted by Crippen LogP contribution is 2.36. The van der Waals surface area contributed by atoms with Gasteiger partial charge in [0, 0.05) is 54.8 Å². The summed E-state index contributed by atoms with van der Waals surface area (Å²) in [6.45, 7) is 6.13. The van der Waals surface area contributed by atoms with Gasteiger partial charge in [-0.3, -0.25) is 4.79 Å². The molecule has 1 aromatic heterocycles. The minimum atomic E-state index is -0.702. The summed E-state index contributed by atoms with van der Waals surface area (Å²) in [5.74, 6) is 0.864. The van der Waals surface area contributed by atoms with Crippen LogP contribution in [-0.4, -0.2) is 79.5 Å². The highest BCUT2D eigenvalue weighted by Gasteiger charge is 2.33. The Morgan fingerprint density at radius 1 is 1.17 bits per heavy atom. The van der Waals surface area contributed by atoms with Crippen LogP contribution in [0.4, 0.5) is 15.9 Å². The summed E-state index contributed by atoms with van der Waals surface area (Å²) in [6, 6.07) is 15.0. The van der Waals surface area contributed by atoms with Crippen molar-refractivity contribution < 1.29 is 18.7 Å². The summed E-state index contributed by atoms with van der Waals surface area (Å²) in [6.07, 6.45) is 3.40. The lowest BCUT2D eigenvalue weighted by atomic mass is 9.99. The fraction of sp³-hybridized carbons (Fsp3) is 0.438. The molecule has 1 atom stereocenters. The van der Waals surface area contributed by atoms with Gasteiger partial charge in [0.1, 0.15) is 12.5 Å². The van der Waals surface area contributed by atoms with Crippen molar-refractivity contribution in [1.82, 2.24) is 14.9 Å². The summed E-state index contributed by atoms with van der Waals surface area (Å²) in [5, 5.41) is 12.0. The number of amides is 1. The van der Waals surface area contributed by atoms with Crippen LogP contribution >= 0.6 is 0 Å². The van der Waals surface area contributed by atoms with E-state index in [0.717, 1.165) is 30.0 Å². The Balaban J connectivity index is 1.32. The highest BCUT2D eigenvalue weighted by molar-refractivity contribution is 5.97. The van der Waals surface area contributed by atoms with E-state index in [0.29, 0.717) is 57.9 Å². The Hall–Kier alpha value is -4.23. The normalized spacial score (nSPS) is 19.1. The molecule has 0 saturated carbocycles. The lowest BCUT2D eigenvalue weighted by molar-refractivity contribution is -0.128. The number of alkyl halides is 1. The molecule has 4 heterocycles. The van der Waals surface area contributed by atoms with Gasteiger partial charge >= 0.3 is 6.01 Å². The monoisotopic (exact) mass is 570 g/mol. The number of nitrogens with zero attached hydrogens (tertiary/aromatic N) is 6. The zero-order valence-electron chi connectivity index (χ0n) is 23.8. The standard InChI is InChI=1S/C32H35FN6O3/c1-22-5-2-6-24-7-3-8-28(30(22)24)37-14-11-26-27(18-37)35-32(42-21-23-19-41-20-23)36-31(26)38-15-16-39(25(17-38)10-13-34)29(40)9-4-12-33/h2-9,23,25H,10-12,14-21H2,1H3/b9-4+/t25-/m0/s1. The lowest BCUT2D eigenvalue weighted by Crippen LogP contribution is -2.55. The van der Waals surface area contributed by atoms with Crippen molar-refractivity contribution in [3.63, 3.8) is 0 Å². The van der Waals surface area contributed by atoms with Crippen LogP contribution in [0, 0.1) is 24.2 Å². The number of ether oxygens (including phenoxy) is 2. The first-order valence-electron chi connectivity index (χ1n) is 14.5. The minimum absolute atomic E-state index is 0.179. The molecule has 3 aliphatic heterocycles. The maximum absolute atomic E-state index is 12.7. The van der Waals surface area contributed by atoms with Gasteiger partial charge in [0.05, 0.1) is 50.6 Å². The molecule has 1 amide bonds. The molecule has 0 unspecified atom stereocenters. The quantitative estimate of drug-likeness (QED) is 0.376. The number of aromatic nitrogens is 2. The van der Waals surface area contributed by atoms with E-state index in [1.807, 2.05) is 0 Å². The van der Waals surface area contributed by atoms with E-state index < -0.39 is 6.67 Å². The maximum Gasteiger partial charge on any atom is 0.318 e. The van der Waals surface area contributed by atoms with Crippen molar-refractivity contribution in [2.45, 2.75) is 32.4 Å². The van der Waals surface area contributed by atoms with Gasteiger partial charge in [-0.2, -0.15) is 15.2 Å². The average Bonchev–Trinajstić information content (AvgIpc) is 2.98. The van der Waals surface area contributed by atoms with Gasteiger partial charge in [0.2, 0.25) is 5.91 Å². The molecule has 9 nitrogen and oxygen atoms in total. The third-order valence-corrected chi connectivity index (χ3v) is 8.35. The average molecular weight is 571 g/mol. The third kappa shape index (κ3) is 5.61. The van der Waals surface area contributed by atoms with E-state index in [-0.39, 0.29) is 18.4 Å². The largest absolute Gasteiger partial charge is 0.463 e. The zero-order chi connectivity index (χ0) is 29.1. The van der Waals surface area contributed by atoms with Crippen molar-refractivity contribution in [1.29, 1.82) is 5.26 Å². The van der Waals surface area contributed by atoms with Crippen LogP contribution < -0.4 is 14.5 Å². The molecule has 2 fully saturated rings. The van der Waals surface area contributed by atoms with E-state index >= 15 is 0 Å². The fourth-order valence-corrected chi connectivity index (χ4v) is 6.12. The number of benzene rings is 2. The molecule has 3 aromatic rings. The van der Waals surface area contributed by atoms with Gasteiger partial charge in [0.25, 0.3) is 0 Å². The summed E-state index contributed by atoms with van der Waals surface area (Å²) in [5.41, 5.74) is 4.43. The lowest BCUT2D eigenvalue weighted by Gasteiger charge is -2.42. The summed E-state index contributed by atoms with van der Waals surface area (Å²) < 4.78 is 24.1. The number of rotatable bonds is 8. The first kappa shape index (κ1) is 27.9. The Labute approximate surface area is 245 Å². The number of allylic oxidation sites excluding steroid dienone is 1. The minimum Gasteiger partial charge on any atom is -0.463 e. The van der Waals surface area contributed by atoms with Crippen LogP contribution in [0.2, 0.25) is 0 Å². The SMILES string of the molecule is Cc1cccc2cccc(N3CCc4c(nc(OCC5COC5)nc4N4CCN(C(=O)/C=C/CF)[C@@H](CC#N)C4)C3)c12. The smallest absolute Gasteiger partial charge is 0.318 e. The molecule has 0 bridgehead atoms. The van der Waals surface area contributed by atoms with Crippen molar-refractivity contribution in [2.75, 3.05) is 62.5 Å². The van der Waals surface area contributed by atoms with Crippen LogP contribution in [0.3, 0.4) is 0 Å². The number of aryl methyl sites for hydroxylation is 1. The van der Waals surface area contributed by atoms with E-state index in [1.165, 1.54) is 34.2 Å². The molecule has 2 saturated heterocycles. The first-order valence-corrected chi connectivity index (χ1v) is 14.5. The molecule has 218 valence electrons. The van der Waals surface area contributed by atoms with Crippen molar-refractivity contribution in [3.05, 3.63) is 65.4 Å². The maximum atomic E-state index is 12.7. The number of hydrogen-bond donors (Lipinski definition) is 0. The molecule has 0 radical (unpaired) electrons. The van der Waals surface area contributed by atoms with Gasteiger partial charge < -0.3 is 24.2 Å². The summed E-state index contributed by atoms with van der Waals surface area (Å²) in [4.78, 5) is 28.7. The van der Waals surface area contributed by atoms with E-state index in [4.69, 9.17) is 19.4 Å². The van der Waals surface area contributed by atoms with Crippen LogP contribution in [0.25, 0.3) is 10.8 Å². The van der Waals surface area contributed by atoms with Gasteiger partial charge in [-0.15, -0.1) is 0 Å². The number of carbonyl (C=O) groups is 1. The first-order chi connectivity index (χ1) is 20.6. The molecule has 0 aliphatic carbocycles. The predicted octanol–water partition coefficient (Wildman–Crippen LogP) is 3.98. The number of nitriles is 1. The Kier molecular flexibility index (Phi) is 8.20. The molecule has 10 heteroatoms.